The number of ether oxygens (including phenoxy) is 1. The topological polar surface area (TPSA) is 48.1 Å². The largest absolute Gasteiger partial charge is 0.377 e. The fourth-order valence-electron chi connectivity index (χ4n) is 4.28. The van der Waals surface area contributed by atoms with Gasteiger partial charge in [-0.25, -0.2) is 4.68 Å². The van der Waals surface area contributed by atoms with Crippen molar-refractivity contribution in [3.63, 3.8) is 0 Å². The van der Waals surface area contributed by atoms with E-state index in [1.165, 1.54) is 5.56 Å². The number of hydrogen-bond acceptors (Lipinski definition) is 5. The van der Waals surface area contributed by atoms with Crippen LogP contribution in [0.2, 0.25) is 0 Å². The van der Waals surface area contributed by atoms with Gasteiger partial charge >= 0.3 is 0 Å². The summed E-state index contributed by atoms with van der Waals surface area (Å²) in [5, 5.41) is 4.98. The van der Waals surface area contributed by atoms with E-state index in [1.807, 2.05) is 45.6 Å². The number of hydrogen-bond donors (Lipinski definition) is 0. The van der Waals surface area contributed by atoms with Gasteiger partial charge < -0.3 is 4.74 Å². The zero-order valence-corrected chi connectivity index (χ0v) is 19.3. The van der Waals surface area contributed by atoms with Crippen LogP contribution in [-0.2, 0) is 18.0 Å². The quantitative estimate of drug-likeness (QED) is 0.344. The van der Waals surface area contributed by atoms with Crippen LogP contribution in [0.15, 0.2) is 85.2 Å². The molecule has 0 N–H and O–H groups in total. The second kappa shape index (κ2) is 10.2. The third-order valence-corrected chi connectivity index (χ3v) is 6.25. The van der Waals surface area contributed by atoms with Gasteiger partial charge in [0.1, 0.15) is 0 Å². The van der Waals surface area contributed by atoms with Crippen LogP contribution in [-0.4, -0.2) is 43.5 Å². The van der Waals surface area contributed by atoms with E-state index >= 15 is 0 Å². The summed E-state index contributed by atoms with van der Waals surface area (Å²) in [6.07, 6.45) is 6.03. The maximum absolute atomic E-state index is 5.95. The summed E-state index contributed by atoms with van der Waals surface area (Å²) < 4.78 is 10.6. The van der Waals surface area contributed by atoms with Gasteiger partial charge in [0, 0.05) is 43.3 Å². The molecular formula is C26H27N5OS. The van der Waals surface area contributed by atoms with E-state index in [-0.39, 0.29) is 6.10 Å². The Hall–Kier alpha value is -3.13. The first-order chi connectivity index (χ1) is 16.3. The number of nitrogens with zero attached hydrogens (tertiary/aromatic N) is 5. The van der Waals surface area contributed by atoms with Crippen LogP contribution in [0.25, 0.3) is 17.1 Å². The van der Waals surface area contributed by atoms with Crippen molar-refractivity contribution >= 4 is 12.2 Å². The summed E-state index contributed by atoms with van der Waals surface area (Å²) in [7, 11) is 0. The third kappa shape index (κ3) is 5.11. The first kappa shape index (κ1) is 21.7. The molecule has 6 nitrogen and oxygen atoms in total. The first-order valence-corrected chi connectivity index (χ1v) is 11.7. The number of aromatic nitrogens is 4. The number of pyridine rings is 1. The van der Waals surface area contributed by atoms with Crippen LogP contribution < -0.4 is 0 Å². The highest BCUT2D eigenvalue weighted by atomic mass is 32.1. The molecule has 168 valence electrons. The molecule has 3 heterocycles. The standard InChI is InChI=1S/C26H27N5OS/c33-26-30(20-29(19-24-12-7-17-32-24)18-21-8-3-1-4-9-21)28-25(22-13-15-27-16-14-22)31(26)23-10-5-2-6-11-23/h1-6,8-11,13-16,24H,7,12,17-20H2. The molecule has 5 rings (SSSR count). The van der Waals surface area contributed by atoms with Crippen molar-refractivity contribution in [3.05, 3.63) is 95.5 Å². The van der Waals surface area contributed by atoms with Crippen molar-refractivity contribution in [2.75, 3.05) is 13.2 Å². The maximum Gasteiger partial charge on any atom is 0.204 e. The molecule has 0 saturated carbocycles. The Morgan fingerprint density at radius 2 is 1.70 bits per heavy atom. The van der Waals surface area contributed by atoms with E-state index in [9.17, 15) is 0 Å². The Labute approximate surface area is 199 Å². The van der Waals surface area contributed by atoms with Crippen LogP contribution in [0.5, 0.6) is 0 Å². The van der Waals surface area contributed by atoms with Crippen LogP contribution in [0.4, 0.5) is 0 Å². The van der Waals surface area contributed by atoms with Gasteiger partial charge in [0.15, 0.2) is 5.82 Å². The molecular weight excluding hydrogens is 430 g/mol. The molecule has 0 radical (unpaired) electrons. The maximum atomic E-state index is 5.95. The Kier molecular flexibility index (Phi) is 6.71. The highest BCUT2D eigenvalue weighted by molar-refractivity contribution is 7.71. The highest BCUT2D eigenvalue weighted by Gasteiger charge is 2.22. The SMILES string of the molecule is S=c1n(CN(Cc2ccccc2)CC2CCCO2)nc(-c2ccncc2)n1-c1ccccc1. The fraction of sp³-hybridized carbons (Fsp3) is 0.269. The van der Waals surface area contributed by atoms with E-state index in [1.54, 1.807) is 12.4 Å². The van der Waals surface area contributed by atoms with E-state index in [0.717, 1.165) is 49.6 Å². The van der Waals surface area contributed by atoms with Gasteiger partial charge in [0.25, 0.3) is 0 Å². The predicted molar refractivity (Wildman–Crippen MR) is 131 cm³/mol. The molecule has 33 heavy (non-hydrogen) atoms. The summed E-state index contributed by atoms with van der Waals surface area (Å²) in [4.78, 5) is 6.54. The summed E-state index contributed by atoms with van der Waals surface area (Å²) in [5.74, 6) is 0.811. The van der Waals surface area contributed by atoms with Crippen LogP contribution in [0.1, 0.15) is 18.4 Å². The lowest BCUT2D eigenvalue weighted by Gasteiger charge is -2.25. The minimum atomic E-state index is 0.249. The average molecular weight is 458 g/mol. The minimum Gasteiger partial charge on any atom is -0.377 e. The van der Waals surface area contributed by atoms with Crippen molar-refractivity contribution in [2.45, 2.75) is 32.2 Å². The Morgan fingerprint density at radius 3 is 2.39 bits per heavy atom. The molecule has 4 aromatic rings. The lowest BCUT2D eigenvalue weighted by molar-refractivity contribution is 0.0567. The lowest BCUT2D eigenvalue weighted by Crippen LogP contribution is -2.34. The molecule has 1 aliphatic heterocycles. The zero-order valence-electron chi connectivity index (χ0n) is 18.5. The number of benzene rings is 2. The van der Waals surface area contributed by atoms with Gasteiger partial charge in [-0.1, -0.05) is 48.5 Å². The van der Waals surface area contributed by atoms with E-state index < -0.39 is 0 Å². The lowest BCUT2D eigenvalue weighted by atomic mass is 10.2. The molecule has 1 saturated heterocycles. The molecule has 0 aliphatic carbocycles. The molecule has 1 fully saturated rings. The second-order valence-corrected chi connectivity index (χ2v) is 8.65. The van der Waals surface area contributed by atoms with Gasteiger partial charge in [0.2, 0.25) is 4.77 Å². The van der Waals surface area contributed by atoms with Gasteiger partial charge in [-0.15, -0.1) is 5.10 Å². The molecule has 0 spiro atoms. The Morgan fingerprint density at radius 1 is 0.970 bits per heavy atom. The smallest absolute Gasteiger partial charge is 0.204 e. The molecule has 1 unspecified atom stereocenters. The summed E-state index contributed by atoms with van der Waals surface area (Å²) >= 11 is 5.95. The number of para-hydroxylation sites is 1. The van der Waals surface area contributed by atoms with E-state index in [4.69, 9.17) is 22.1 Å². The second-order valence-electron chi connectivity index (χ2n) is 8.29. The minimum absolute atomic E-state index is 0.249. The van der Waals surface area contributed by atoms with Crippen molar-refractivity contribution < 1.29 is 4.74 Å². The van der Waals surface area contributed by atoms with Crippen LogP contribution >= 0.6 is 12.2 Å². The van der Waals surface area contributed by atoms with Gasteiger partial charge in [-0.05, 0) is 54.9 Å². The fourth-order valence-corrected chi connectivity index (χ4v) is 4.57. The van der Waals surface area contributed by atoms with Gasteiger partial charge in [0.05, 0.1) is 12.8 Å². The number of rotatable bonds is 8. The van der Waals surface area contributed by atoms with Crippen molar-refractivity contribution in [1.82, 2.24) is 24.2 Å². The monoisotopic (exact) mass is 457 g/mol. The summed E-state index contributed by atoms with van der Waals surface area (Å²) in [6, 6.07) is 24.6. The molecule has 0 bridgehead atoms. The van der Waals surface area contributed by atoms with Crippen molar-refractivity contribution in [2.24, 2.45) is 0 Å². The van der Waals surface area contributed by atoms with Crippen LogP contribution in [0.3, 0.4) is 0 Å². The average Bonchev–Trinajstić information content (AvgIpc) is 3.49. The zero-order chi connectivity index (χ0) is 22.5. The normalized spacial score (nSPS) is 15.8. The molecule has 0 amide bonds. The van der Waals surface area contributed by atoms with Gasteiger partial charge in [-0.2, -0.15) is 0 Å². The van der Waals surface area contributed by atoms with E-state index in [0.29, 0.717) is 11.4 Å². The molecule has 2 aromatic heterocycles. The summed E-state index contributed by atoms with van der Waals surface area (Å²) in [6.45, 7) is 3.09. The van der Waals surface area contributed by atoms with Crippen LogP contribution in [0, 0.1) is 4.77 Å². The van der Waals surface area contributed by atoms with E-state index in [2.05, 4.69) is 46.3 Å². The summed E-state index contributed by atoms with van der Waals surface area (Å²) in [5.41, 5.74) is 3.24. The molecule has 1 aliphatic rings. The van der Waals surface area contributed by atoms with Crippen molar-refractivity contribution in [3.8, 4) is 17.1 Å². The van der Waals surface area contributed by atoms with Gasteiger partial charge in [-0.3, -0.25) is 14.5 Å². The highest BCUT2D eigenvalue weighted by Crippen LogP contribution is 2.23. The van der Waals surface area contributed by atoms with Crippen molar-refractivity contribution in [1.29, 1.82) is 0 Å². The Bertz CT molecular complexity index is 1220. The molecule has 1 atom stereocenters. The molecule has 7 heteroatoms. The third-order valence-electron chi connectivity index (χ3n) is 5.86. The first-order valence-electron chi connectivity index (χ1n) is 11.3. The Balaban J connectivity index is 1.51. The predicted octanol–water partition coefficient (Wildman–Crippen LogP) is 5.10. The molecule has 2 aromatic carbocycles.